The third kappa shape index (κ3) is 6.69. The molecule has 0 unspecified atom stereocenters. The Morgan fingerprint density at radius 3 is 1.93 bits per heavy atom. The number of amides is 2. The maximum Gasteiger partial charge on any atom is 0.255 e. The summed E-state index contributed by atoms with van der Waals surface area (Å²) in [6.07, 6.45) is 6.14. The molecule has 3 rings (SSSR count). The van der Waals surface area contributed by atoms with Crippen LogP contribution in [0.25, 0.3) is 0 Å². The zero-order chi connectivity index (χ0) is 20.5. The lowest BCUT2D eigenvalue weighted by atomic mass is 10.1. The number of carbonyl (C=O) groups excluding carboxylic acids is 2. The number of anilines is 2. The molecular formula is C23H30N4O2. The van der Waals surface area contributed by atoms with Crippen molar-refractivity contribution in [2.45, 2.75) is 38.6 Å². The molecule has 2 aromatic rings. The third-order valence-corrected chi connectivity index (χ3v) is 5.19. The lowest BCUT2D eigenvalue weighted by molar-refractivity contribution is -0.117. The van der Waals surface area contributed by atoms with Crippen molar-refractivity contribution in [1.82, 2.24) is 4.90 Å². The van der Waals surface area contributed by atoms with Gasteiger partial charge in [-0.25, -0.2) is 0 Å². The van der Waals surface area contributed by atoms with Crippen LogP contribution in [-0.4, -0.2) is 36.3 Å². The molecule has 1 saturated heterocycles. The van der Waals surface area contributed by atoms with E-state index in [-0.39, 0.29) is 11.8 Å². The summed E-state index contributed by atoms with van der Waals surface area (Å²) >= 11 is 0. The average Bonchev–Trinajstić information content (AvgIpc) is 2.71. The Kier molecular flexibility index (Phi) is 7.78. The number of nitrogens with two attached hydrogens (primary N) is 1. The molecule has 0 radical (unpaired) electrons. The van der Waals surface area contributed by atoms with Gasteiger partial charge < -0.3 is 16.4 Å². The summed E-state index contributed by atoms with van der Waals surface area (Å²) in [6, 6.07) is 14.4. The lowest BCUT2D eigenvalue weighted by Gasteiger charge is -2.23. The Bertz CT molecular complexity index is 795. The molecule has 0 saturated carbocycles. The molecule has 1 aliphatic heterocycles. The molecule has 2 amide bonds. The first-order valence-electron chi connectivity index (χ1n) is 10.4. The third-order valence-electron chi connectivity index (χ3n) is 5.19. The minimum absolute atomic E-state index is 0.00218. The van der Waals surface area contributed by atoms with Gasteiger partial charge in [-0.05, 0) is 67.9 Å². The van der Waals surface area contributed by atoms with Crippen molar-refractivity contribution in [3.8, 4) is 0 Å². The molecule has 154 valence electrons. The summed E-state index contributed by atoms with van der Waals surface area (Å²) in [5.41, 5.74) is 8.55. The number of rotatable bonds is 6. The molecule has 0 atom stereocenters. The van der Waals surface area contributed by atoms with Gasteiger partial charge in [0.25, 0.3) is 5.91 Å². The van der Waals surface area contributed by atoms with E-state index in [4.69, 9.17) is 5.73 Å². The normalized spacial score (nSPS) is 15.2. The summed E-state index contributed by atoms with van der Waals surface area (Å²) in [7, 11) is 0. The van der Waals surface area contributed by atoms with E-state index < -0.39 is 0 Å². The van der Waals surface area contributed by atoms with Crippen LogP contribution in [0.2, 0.25) is 0 Å². The highest BCUT2D eigenvalue weighted by Gasteiger charge is 2.12. The second-order valence-corrected chi connectivity index (χ2v) is 7.52. The van der Waals surface area contributed by atoms with Crippen LogP contribution in [0.15, 0.2) is 48.5 Å². The average molecular weight is 395 g/mol. The van der Waals surface area contributed by atoms with Crippen LogP contribution in [0, 0.1) is 0 Å². The molecule has 1 aliphatic rings. The summed E-state index contributed by atoms with van der Waals surface area (Å²) in [5, 5.41) is 5.81. The fourth-order valence-electron chi connectivity index (χ4n) is 3.51. The summed E-state index contributed by atoms with van der Waals surface area (Å²) in [6.45, 7) is 2.86. The molecule has 0 aliphatic carbocycles. The van der Waals surface area contributed by atoms with Crippen LogP contribution in [0.5, 0.6) is 0 Å². The molecule has 6 nitrogen and oxygen atoms in total. The zero-order valence-corrected chi connectivity index (χ0v) is 16.8. The number of likely N-dealkylation sites (tertiary alicyclic amines) is 1. The highest BCUT2D eigenvalue weighted by molar-refractivity contribution is 6.04. The predicted octanol–water partition coefficient (Wildman–Crippen LogP) is 3.60. The van der Waals surface area contributed by atoms with E-state index in [2.05, 4.69) is 15.5 Å². The van der Waals surface area contributed by atoms with Crippen LogP contribution in [-0.2, 0) is 11.3 Å². The van der Waals surface area contributed by atoms with E-state index in [1.807, 2.05) is 12.1 Å². The lowest BCUT2D eigenvalue weighted by Crippen LogP contribution is -2.35. The van der Waals surface area contributed by atoms with Crippen molar-refractivity contribution in [2.24, 2.45) is 5.73 Å². The number of benzene rings is 2. The van der Waals surface area contributed by atoms with Gasteiger partial charge in [-0.3, -0.25) is 14.5 Å². The van der Waals surface area contributed by atoms with Gasteiger partial charge in [0.05, 0.1) is 6.54 Å². The Hall–Kier alpha value is -2.70. The van der Waals surface area contributed by atoms with Crippen molar-refractivity contribution in [1.29, 1.82) is 0 Å². The smallest absolute Gasteiger partial charge is 0.255 e. The first-order chi connectivity index (χ1) is 14.1. The first-order valence-corrected chi connectivity index (χ1v) is 10.4. The van der Waals surface area contributed by atoms with E-state index in [0.29, 0.717) is 24.3 Å². The quantitative estimate of drug-likeness (QED) is 0.699. The minimum atomic E-state index is -0.178. The fourth-order valence-corrected chi connectivity index (χ4v) is 3.51. The molecule has 2 aromatic carbocycles. The second kappa shape index (κ2) is 10.7. The van der Waals surface area contributed by atoms with Gasteiger partial charge in [0.15, 0.2) is 0 Å². The van der Waals surface area contributed by atoms with E-state index in [9.17, 15) is 9.59 Å². The van der Waals surface area contributed by atoms with Crippen LogP contribution in [0.1, 0.15) is 48.0 Å². The molecule has 1 heterocycles. The van der Waals surface area contributed by atoms with Gasteiger partial charge in [0.2, 0.25) is 5.91 Å². The first kappa shape index (κ1) is 21.0. The Morgan fingerprint density at radius 2 is 1.34 bits per heavy atom. The van der Waals surface area contributed by atoms with Crippen molar-refractivity contribution < 1.29 is 9.59 Å². The van der Waals surface area contributed by atoms with Gasteiger partial charge in [0, 0.05) is 23.5 Å². The fraction of sp³-hybridized carbons (Fsp3) is 0.391. The van der Waals surface area contributed by atoms with E-state index in [0.717, 1.165) is 37.2 Å². The maximum atomic E-state index is 12.3. The Balaban J connectivity index is 1.49. The molecule has 4 N–H and O–H groups in total. The van der Waals surface area contributed by atoms with Crippen molar-refractivity contribution in [3.05, 3.63) is 59.7 Å². The summed E-state index contributed by atoms with van der Waals surface area (Å²) in [5.74, 6) is -0.176. The zero-order valence-electron chi connectivity index (χ0n) is 16.8. The van der Waals surface area contributed by atoms with E-state index >= 15 is 0 Å². The van der Waals surface area contributed by atoms with E-state index in [1.165, 1.54) is 19.3 Å². The van der Waals surface area contributed by atoms with Gasteiger partial charge in [0.1, 0.15) is 0 Å². The molecule has 6 heteroatoms. The molecule has 0 aromatic heterocycles. The largest absolute Gasteiger partial charge is 0.326 e. The van der Waals surface area contributed by atoms with Gasteiger partial charge in [-0.15, -0.1) is 0 Å². The van der Waals surface area contributed by atoms with Gasteiger partial charge >= 0.3 is 0 Å². The number of nitrogens with one attached hydrogen (secondary N) is 2. The molecule has 0 bridgehead atoms. The highest BCUT2D eigenvalue weighted by Crippen LogP contribution is 2.16. The van der Waals surface area contributed by atoms with Crippen molar-refractivity contribution >= 4 is 23.2 Å². The van der Waals surface area contributed by atoms with Crippen LogP contribution in [0.3, 0.4) is 0 Å². The number of hydrogen-bond donors (Lipinski definition) is 3. The Morgan fingerprint density at radius 1 is 0.793 bits per heavy atom. The van der Waals surface area contributed by atoms with Crippen LogP contribution in [0.4, 0.5) is 11.4 Å². The van der Waals surface area contributed by atoms with Crippen molar-refractivity contribution in [2.75, 3.05) is 30.3 Å². The molecule has 0 spiro atoms. The minimum Gasteiger partial charge on any atom is -0.326 e. The van der Waals surface area contributed by atoms with Crippen LogP contribution < -0.4 is 16.4 Å². The maximum absolute atomic E-state index is 12.3. The monoisotopic (exact) mass is 394 g/mol. The number of carbonyl (C=O) groups is 2. The Labute approximate surface area is 172 Å². The molecular weight excluding hydrogens is 364 g/mol. The summed E-state index contributed by atoms with van der Waals surface area (Å²) < 4.78 is 0. The highest BCUT2D eigenvalue weighted by atomic mass is 16.2. The SMILES string of the molecule is NCc1ccc(C(=O)Nc2ccc(NC(=O)CN3CCCCCCC3)cc2)cc1. The van der Waals surface area contributed by atoms with Gasteiger partial charge in [-0.2, -0.15) is 0 Å². The van der Waals surface area contributed by atoms with E-state index in [1.54, 1.807) is 36.4 Å². The number of hydrogen-bond acceptors (Lipinski definition) is 4. The second-order valence-electron chi connectivity index (χ2n) is 7.52. The molecule has 1 fully saturated rings. The standard InChI is InChI=1S/C23H30N4O2/c24-16-18-6-8-19(9-7-18)23(29)26-21-12-10-20(11-13-21)25-22(28)17-27-14-4-2-1-3-5-15-27/h6-13H,1-5,14-17,24H2,(H,25,28)(H,26,29). The predicted molar refractivity (Wildman–Crippen MR) is 117 cm³/mol. The molecule has 29 heavy (non-hydrogen) atoms. The van der Waals surface area contributed by atoms with Gasteiger partial charge in [-0.1, -0.05) is 31.4 Å². The van der Waals surface area contributed by atoms with Crippen LogP contribution >= 0.6 is 0 Å². The topological polar surface area (TPSA) is 87.5 Å². The van der Waals surface area contributed by atoms with Crippen molar-refractivity contribution in [3.63, 3.8) is 0 Å². The summed E-state index contributed by atoms with van der Waals surface area (Å²) in [4.78, 5) is 26.9. The number of nitrogens with zero attached hydrogens (tertiary/aromatic N) is 1.